The van der Waals surface area contributed by atoms with Gasteiger partial charge in [0.1, 0.15) is 0 Å². The predicted molar refractivity (Wildman–Crippen MR) is 82.6 cm³/mol. The second kappa shape index (κ2) is 4.39. The summed E-state index contributed by atoms with van der Waals surface area (Å²) < 4.78 is 0.663. The summed E-state index contributed by atoms with van der Waals surface area (Å²) >= 11 is 6.33. The number of H-pyrrole nitrogens is 1. The highest BCUT2D eigenvalue weighted by molar-refractivity contribution is 7.73. The van der Waals surface area contributed by atoms with Gasteiger partial charge in [-0.3, -0.25) is 4.79 Å². The van der Waals surface area contributed by atoms with Crippen molar-refractivity contribution in [2.24, 2.45) is 0 Å². The average molecular weight is 289 g/mol. The van der Waals surface area contributed by atoms with Crippen molar-refractivity contribution >= 4 is 23.6 Å². The Kier molecular flexibility index (Phi) is 2.95. The summed E-state index contributed by atoms with van der Waals surface area (Å²) in [6, 6.07) is 8.27. The number of rotatable bonds is 1. The number of hydrogen-bond donors (Lipinski definition) is 1. The van der Waals surface area contributed by atoms with Gasteiger partial charge in [-0.25, -0.2) is 0 Å². The fraction of sp³-hybridized carbons (Fsp3) is 0.333. The Hall–Kier alpha value is -1.26. The van der Waals surface area contributed by atoms with Gasteiger partial charge < -0.3 is 4.98 Å². The summed E-state index contributed by atoms with van der Waals surface area (Å²) in [7, 11) is 0. The van der Waals surface area contributed by atoms with Crippen LogP contribution in [0.1, 0.15) is 31.4 Å². The Morgan fingerprint density at radius 3 is 2.89 bits per heavy atom. The lowest BCUT2D eigenvalue weighted by atomic mass is 9.70. The second-order valence-corrected chi connectivity index (χ2v) is 6.95. The van der Waals surface area contributed by atoms with Crippen molar-refractivity contribution in [3.8, 4) is 11.3 Å². The first-order valence-electron chi connectivity index (χ1n) is 6.41. The number of fused-ring (bicyclic) bond motifs is 3. The number of aromatic nitrogens is 1. The molecule has 1 aromatic heterocycles. The molecule has 0 bridgehead atoms. The molecule has 0 radical (unpaired) electrons. The molecule has 98 valence electrons. The summed E-state index contributed by atoms with van der Waals surface area (Å²) in [5.41, 5.74) is 4.16. The molecule has 0 spiro atoms. The molecule has 0 aliphatic heterocycles. The van der Waals surface area contributed by atoms with Crippen molar-refractivity contribution in [1.29, 1.82) is 0 Å². The van der Waals surface area contributed by atoms with Crippen LogP contribution in [0.4, 0.5) is 0 Å². The van der Waals surface area contributed by atoms with Gasteiger partial charge in [0, 0.05) is 16.5 Å². The molecule has 1 aliphatic carbocycles. The van der Waals surface area contributed by atoms with Crippen molar-refractivity contribution < 1.29 is 0 Å². The van der Waals surface area contributed by atoms with E-state index in [9.17, 15) is 4.79 Å². The van der Waals surface area contributed by atoms with E-state index in [1.54, 1.807) is 0 Å². The highest BCUT2D eigenvalue weighted by atomic mass is 32.1. The maximum Gasteiger partial charge on any atom is 0.240 e. The van der Waals surface area contributed by atoms with Gasteiger partial charge in [0.15, 0.2) is 3.95 Å². The largest absolute Gasteiger partial charge is 0.337 e. The molecule has 0 saturated carbocycles. The van der Waals surface area contributed by atoms with Gasteiger partial charge in [-0.05, 0) is 30.6 Å². The molecule has 1 aromatic carbocycles. The monoisotopic (exact) mass is 289 g/mol. The summed E-state index contributed by atoms with van der Waals surface area (Å²) in [4.78, 5) is 15.6. The molecule has 1 N–H and O–H groups in total. The Morgan fingerprint density at radius 2 is 2.16 bits per heavy atom. The number of nitrogens with one attached hydrogen (secondary N) is 1. The van der Waals surface area contributed by atoms with Crippen LogP contribution in [0.2, 0.25) is 0 Å². The van der Waals surface area contributed by atoms with E-state index in [0.29, 0.717) is 3.95 Å². The van der Waals surface area contributed by atoms with E-state index in [1.165, 1.54) is 5.56 Å². The summed E-state index contributed by atoms with van der Waals surface area (Å²) in [5, 5.41) is 0. The molecule has 3 rings (SSSR count). The maximum absolute atomic E-state index is 12.4. The van der Waals surface area contributed by atoms with Crippen molar-refractivity contribution in [2.45, 2.75) is 32.1 Å². The van der Waals surface area contributed by atoms with Crippen LogP contribution < -0.4 is 4.74 Å². The van der Waals surface area contributed by atoms with Crippen LogP contribution >= 0.6 is 23.6 Å². The van der Waals surface area contributed by atoms with Crippen LogP contribution in [0, 0.1) is 3.95 Å². The smallest absolute Gasteiger partial charge is 0.240 e. The standard InChI is InChI=1S/C15H15NOS2/c1-3-15(2)8-9-6-4-5-7-10(9)12-11(15)13(17)19-14(18)16-12/h4-7H,3,8H2,1-2H3,(H,16,18). The zero-order chi connectivity index (χ0) is 13.6. The van der Waals surface area contributed by atoms with Gasteiger partial charge in [0.05, 0.1) is 5.69 Å². The van der Waals surface area contributed by atoms with E-state index in [2.05, 4.69) is 37.0 Å². The van der Waals surface area contributed by atoms with E-state index in [0.717, 1.165) is 41.0 Å². The summed E-state index contributed by atoms with van der Waals surface area (Å²) in [6.45, 7) is 4.32. The average Bonchev–Trinajstić information content (AvgIpc) is 2.38. The van der Waals surface area contributed by atoms with E-state index in [-0.39, 0.29) is 10.2 Å². The third-order valence-corrected chi connectivity index (χ3v) is 5.15. The minimum Gasteiger partial charge on any atom is -0.337 e. The number of hydrogen-bond acceptors (Lipinski definition) is 3. The second-order valence-electron chi connectivity index (χ2n) is 5.30. The van der Waals surface area contributed by atoms with Gasteiger partial charge in [-0.1, -0.05) is 49.4 Å². The third kappa shape index (κ3) is 1.90. The van der Waals surface area contributed by atoms with E-state index < -0.39 is 0 Å². The number of aromatic amines is 1. The fourth-order valence-corrected chi connectivity index (χ4v) is 4.01. The molecular formula is C15H15NOS2. The molecular weight excluding hydrogens is 274 g/mol. The quantitative estimate of drug-likeness (QED) is 0.803. The van der Waals surface area contributed by atoms with Crippen LogP contribution in [0.25, 0.3) is 11.3 Å². The molecule has 0 saturated heterocycles. The molecule has 1 aliphatic rings. The first-order valence-corrected chi connectivity index (χ1v) is 7.64. The SMILES string of the molecule is CCC1(C)Cc2ccccc2-c2[nH]c(=S)sc(=O)c21. The molecule has 2 aromatic rings. The lowest BCUT2D eigenvalue weighted by Crippen LogP contribution is -2.34. The molecule has 1 atom stereocenters. The molecule has 4 heteroatoms. The van der Waals surface area contributed by atoms with Gasteiger partial charge in [-0.2, -0.15) is 0 Å². The minimum absolute atomic E-state index is 0.100. The fourth-order valence-electron chi connectivity index (χ4n) is 2.91. The first kappa shape index (κ1) is 12.8. The van der Waals surface area contributed by atoms with Crippen LogP contribution in [-0.2, 0) is 11.8 Å². The molecule has 1 unspecified atom stereocenters. The molecule has 0 amide bonds. The van der Waals surface area contributed by atoms with Crippen molar-refractivity contribution in [3.05, 3.63) is 48.9 Å². The van der Waals surface area contributed by atoms with Crippen LogP contribution in [0.3, 0.4) is 0 Å². The maximum atomic E-state index is 12.4. The molecule has 19 heavy (non-hydrogen) atoms. The van der Waals surface area contributed by atoms with Gasteiger partial charge in [0.2, 0.25) is 4.74 Å². The Balaban J connectivity index is 2.44. The normalized spacial score (nSPS) is 20.7. The third-order valence-electron chi connectivity index (χ3n) is 4.12. The lowest BCUT2D eigenvalue weighted by Gasteiger charge is -2.35. The zero-order valence-electron chi connectivity index (χ0n) is 10.9. The highest BCUT2D eigenvalue weighted by Gasteiger charge is 2.36. The van der Waals surface area contributed by atoms with Crippen LogP contribution in [-0.4, -0.2) is 4.98 Å². The van der Waals surface area contributed by atoms with Crippen LogP contribution in [0.15, 0.2) is 29.1 Å². The predicted octanol–water partition coefficient (Wildman–Crippen LogP) is 4.06. The van der Waals surface area contributed by atoms with Crippen molar-refractivity contribution in [1.82, 2.24) is 4.98 Å². The summed E-state index contributed by atoms with van der Waals surface area (Å²) in [6.07, 6.45) is 1.86. The van der Waals surface area contributed by atoms with E-state index >= 15 is 0 Å². The topological polar surface area (TPSA) is 32.9 Å². The van der Waals surface area contributed by atoms with E-state index in [1.807, 2.05) is 6.07 Å². The number of benzene rings is 1. The minimum atomic E-state index is -0.100. The van der Waals surface area contributed by atoms with Gasteiger partial charge in [-0.15, -0.1) is 0 Å². The zero-order valence-corrected chi connectivity index (χ0v) is 12.6. The molecule has 0 fully saturated rings. The Labute approximate surface area is 121 Å². The molecule has 1 heterocycles. The van der Waals surface area contributed by atoms with Crippen molar-refractivity contribution in [3.63, 3.8) is 0 Å². The van der Waals surface area contributed by atoms with Crippen LogP contribution in [0.5, 0.6) is 0 Å². The van der Waals surface area contributed by atoms with Gasteiger partial charge in [0.25, 0.3) is 0 Å². The van der Waals surface area contributed by atoms with Crippen molar-refractivity contribution in [2.75, 3.05) is 0 Å². The summed E-state index contributed by atoms with van der Waals surface area (Å²) in [5.74, 6) is 0. The lowest BCUT2D eigenvalue weighted by molar-refractivity contribution is 0.444. The highest BCUT2D eigenvalue weighted by Crippen LogP contribution is 2.42. The van der Waals surface area contributed by atoms with E-state index in [4.69, 9.17) is 12.2 Å². The van der Waals surface area contributed by atoms with Gasteiger partial charge >= 0.3 is 0 Å². The first-order chi connectivity index (χ1) is 9.05. The molecule has 2 nitrogen and oxygen atoms in total. The Bertz CT molecular complexity index is 759. The Morgan fingerprint density at radius 1 is 1.42 bits per heavy atom.